The standard InChI is InChI=1S/C11H20N2O4/c1-6(14)13-7-4-12-8-5-16-11(2,3)17-10(8)9(7)15/h7-10,12,15H,4-5H2,1-3H3,(H,13,14)/t7-,8?,9+,10+/m0/s1. The minimum atomic E-state index is -0.715. The third-order valence-corrected chi connectivity index (χ3v) is 3.16. The lowest BCUT2D eigenvalue weighted by molar-refractivity contribution is -0.304. The Labute approximate surface area is 101 Å². The molecule has 17 heavy (non-hydrogen) atoms. The Hall–Kier alpha value is -0.690. The number of hydrogen-bond donors (Lipinski definition) is 3. The molecule has 0 aliphatic carbocycles. The lowest BCUT2D eigenvalue weighted by atomic mass is 9.93. The van der Waals surface area contributed by atoms with Gasteiger partial charge in [-0.1, -0.05) is 0 Å². The second-order valence-electron chi connectivity index (χ2n) is 5.11. The van der Waals surface area contributed by atoms with Crippen LogP contribution in [0.5, 0.6) is 0 Å². The summed E-state index contributed by atoms with van der Waals surface area (Å²) in [6.07, 6.45) is -1.07. The van der Waals surface area contributed by atoms with Gasteiger partial charge in [-0.15, -0.1) is 0 Å². The molecule has 2 aliphatic heterocycles. The van der Waals surface area contributed by atoms with E-state index in [2.05, 4.69) is 10.6 Å². The molecular formula is C11H20N2O4. The molecule has 98 valence electrons. The van der Waals surface area contributed by atoms with Crippen LogP contribution in [-0.4, -0.2) is 54.2 Å². The highest BCUT2D eigenvalue weighted by Gasteiger charge is 2.45. The first-order valence-electron chi connectivity index (χ1n) is 5.89. The molecule has 2 aliphatic rings. The molecule has 3 N–H and O–H groups in total. The molecule has 0 saturated carbocycles. The molecule has 0 spiro atoms. The molecule has 1 unspecified atom stereocenters. The van der Waals surface area contributed by atoms with Crippen molar-refractivity contribution in [2.24, 2.45) is 0 Å². The SMILES string of the molecule is CC(=O)N[C@H]1CNC2COC(C)(C)O[C@H]2[C@@H]1O. The Kier molecular flexibility index (Phi) is 3.40. The largest absolute Gasteiger partial charge is 0.388 e. The van der Waals surface area contributed by atoms with Gasteiger partial charge in [-0.2, -0.15) is 0 Å². The van der Waals surface area contributed by atoms with Gasteiger partial charge in [0.05, 0.1) is 18.7 Å². The molecule has 2 rings (SSSR count). The summed E-state index contributed by atoms with van der Waals surface area (Å²) in [4.78, 5) is 11.0. The van der Waals surface area contributed by atoms with Crippen molar-refractivity contribution in [3.05, 3.63) is 0 Å². The van der Waals surface area contributed by atoms with Gasteiger partial charge in [0.25, 0.3) is 0 Å². The van der Waals surface area contributed by atoms with Crippen LogP contribution in [0.4, 0.5) is 0 Å². The quantitative estimate of drug-likeness (QED) is 0.550. The van der Waals surface area contributed by atoms with E-state index in [1.165, 1.54) is 6.92 Å². The first kappa shape index (κ1) is 12.8. The molecular weight excluding hydrogens is 224 g/mol. The predicted molar refractivity (Wildman–Crippen MR) is 60.3 cm³/mol. The van der Waals surface area contributed by atoms with Gasteiger partial charge in [-0.3, -0.25) is 4.79 Å². The number of piperidine rings is 1. The van der Waals surface area contributed by atoms with E-state index in [4.69, 9.17) is 9.47 Å². The molecule has 6 heteroatoms. The highest BCUT2D eigenvalue weighted by Crippen LogP contribution is 2.27. The van der Waals surface area contributed by atoms with Crippen molar-refractivity contribution in [3.8, 4) is 0 Å². The number of carbonyl (C=O) groups excluding carboxylic acids is 1. The summed E-state index contributed by atoms with van der Waals surface area (Å²) in [6.45, 7) is 6.10. The van der Waals surface area contributed by atoms with Crippen LogP contribution >= 0.6 is 0 Å². The maximum Gasteiger partial charge on any atom is 0.217 e. The molecule has 0 aromatic rings. The third-order valence-electron chi connectivity index (χ3n) is 3.16. The topological polar surface area (TPSA) is 79.8 Å². The molecule has 2 fully saturated rings. The fourth-order valence-electron chi connectivity index (χ4n) is 2.34. The van der Waals surface area contributed by atoms with Crippen molar-refractivity contribution in [1.82, 2.24) is 10.6 Å². The predicted octanol–water partition coefficient (Wildman–Crippen LogP) is -1.02. The van der Waals surface area contributed by atoms with E-state index >= 15 is 0 Å². The van der Waals surface area contributed by atoms with Gasteiger partial charge in [-0.25, -0.2) is 0 Å². The Morgan fingerprint density at radius 3 is 2.88 bits per heavy atom. The zero-order valence-electron chi connectivity index (χ0n) is 10.4. The van der Waals surface area contributed by atoms with Crippen LogP contribution in [0.2, 0.25) is 0 Å². The highest BCUT2D eigenvalue weighted by molar-refractivity contribution is 5.73. The lowest BCUT2D eigenvalue weighted by Crippen LogP contribution is -2.69. The molecule has 2 saturated heterocycles. The van der Waals surface area contributed by atoms with Gasteiger partial charge in [0.15, 0.2) is 5.79 Å². The van der Waals surface area contributed by atoms with Crippen molar-refractivity contribution in [1.29, 1.82) is 0 Å². The minimum absolute atomic E-state index is 0.0250. The Morgan fingerprint density at radius 2 is 2.24 bits per heavy atom. The maximum atomic E-state index is 11.0. The zero-order chi connectivity index (χ0) is 12.6. The Bertz CT molecular complexity index is 308. The Morgan fingerprint density at radius 1 is 1.53 bits per heavy atom. The molecule has 0 bridgehead atoms. The fourth-order valence-corrected chi connectivity index (χ4v) is 2.34. The van der Waals surface area contributed by atoms with E-state index in [1.807, 2.05) is 13.8 Å². The van der Waals surface area contributed by atoms with E-state index in [1.54, 1.807) is 0 Å². The number of aliphatic hydroxyl groups is 1. The monoisotopic (exact) mass is 244 g/mol. The molecule has 1 amide bonds. The van der Waals surface area contributed by atoms with Gasteiger partial charge < -0.3 is 25.2 Å². The van der Waals surface area contributed by atoms with E-state index in [-0.39, 0.29) is 24.1 Å². The normalized spacial score (nSPS) is 40.5. The van der Waals surface area contributed by atoms with Crippen LogP contribution in [-0.2, 0) is 14.3 Å². The van der Waals surface area contributed by atoms with Crippen LogP contribution in [0.3, 0.4) is 0 Å². The summed E-state index contributed by atoms with van der Waals surface area (Å²) in [5.41, 5.74) is 0. The van der Waals surface area contributed by atoms with Crippen LogP contribution in [0.15, 0.2) is 0 Å². The summed E-state index contributed by atoms with van der Waals surface area (Å²) >= 11 is 0. The maximum absolute atomic E-state index is 11.0. The van der Waals surface area contributed by atoms with Crippen LogP contribution in [0, 0.1) is 0 Å². The van der Waals surface area contributed by atoms with Gasteiger partial charge in [0.2, 0.25) is 5.91 Å². The number of nitrogens with one attached hydrogen (secondary N) is 2. The molecule has 0 aromatic heterocycles. The first-order valence-corrected chi connectivity index (χ1v) is 5.89. The summed E-state index contributed by atoms with van der Waals surface area (Å²) in [5, 5.41) is 16.1. The van der Waals surface area contributed by atoms with Crippen molar-refractivity contribution >= 4 is 5.91 Å². The van der Waals surface area contributed by atoms with E-state index in [0.29, 0.717) is 13.2 Å². The molecule has 4 atom stereocenters. The Balaban J connectivity index is 2.04. The van der Waals surface area contributed by atoms with E-state index in [0.717, 1.165) is 0 Å². The smallest absolute Gasteiger partial charge is 0.217 e. The zero-order valence-corrected chi connectivity index (χ0v) is 10.4. The summed E-state index contributed by atoms with van der Waals surface area (Å²) in [7, 11) is 0. The number of aliphatic hydroxyl groups excluding tert-OH is 1. The number of ether oxygens (including phenoxy) is 2. The summed E-state index contributed by atoms with van der Waals surface area (Å²) in [5.74, 6) is -0.845. The lowest BCUT2D eigenvalue weighted by Gasteiger charge is -2.48. The number of fused-ring (bicyclic) bond motifs is 1. The first-order chi connectivity index (χ1) is 7.89. The van der Waals surface area contributed by atoms with E-state index < -0.39 is 11.9 Å². The van der Waals surface area contributed by atoms with E-state index in [9.17, 15) is 9.90 Å². The second kappa shape index (κ2) is 4.53. The van der Waals surface area contributed by atoms with Crippen LogP contribution < -0.4 is 10.6 Å². The van der Waals surface area contributed by atoms with Gasteiger partial charge in [0, 0.05) is 13.5 Å². The van der Waals surface area contributed by atoms with Gasteiger partial charge >= 0.3 is 0 Å². The number of carbonyl (C=O) groups is 1. The van der Waals surface area contributed by atoms with Crippen molar-refractivity contribution in [2.75, 3.05) is 13.2 Å². The molecule has 0 aromatic carbocycles. The van der Waals surface area contributed by atoms with Gasteiger partial charge in [0.1, 0.15) is 12.2 Å². The number of hydrogen-bond acceptors (Lipinski definition) is 5. The third kappa shape index (κ3) is 2.77. The second-order valence-corrected chi connectivity index (χ2v) is 5.11. The minimum Gasteiger partial charge on any atom is -0.388 e. The molecule has 6 nitrogen and oxygen atoms in total. The average molecular weight is 244 g/mol. The van der Waals surface area contributed by atoms with Crippen molar-refractivity contribution < 1.29 is 19.4 Å². The average Bonchev–Trinajstić information content (AvgIpc) is 2.22. The molecule has 0 radical (unpaired) electrons. The van der Waals surface area contributed by atoms with Crippen molar-refractivity contribution in [3.63, 3.8) is 0 Å². The van der Waals surface area contributed by atoms with Crippen LogP contribution in [0.1, 0.15) is 20.8 Å². The van der Waals surface area contributed by atoms with Crippen LogP contribution in [0.25, 0.3) is 0 Å². The summed E-state index contributed by atoms with van der Waals surface area (Å²) in [6, 6.07) is -0.342. The summed E-state index contributed by atoms with van der Waals surface area (Å²) < 4.78 is 11.2. The molecule has 2 heterocycles. The fraction of sp³-hybridized carbons (Fsp3) is 0.909. The number of amides is 1. The van der Waals surface area contributed by atoms with Gasteiger partial charge in [-0.05, 0) is 13.8 Å². The number of rotatable bonds is 1. The van der Waals surface area contributed by atoms with Crippen molar-refractivity contribution in [2.45, 2.75) is 50.8 Å². The highest BCUT2D eigenvalue weighted by atomic mass is 16.7.